The van der Waals surface area contributed by atoms with Crippen molar-refractivity contribution in [3.05, 3.63) is 47.2 Å². The van der Waals surface area contributed by atoms with Gasteiger partial charge in [-0.05, 0) is 18.2 Å². The molecular formula is C11H12ClN3O. The summed E-state index contributed by atoms with van der Waals surface area (Å²) in [5, 5.41) is 14.3. The molecular weight excluding hydrogens is 226 g/mol. The Labute approximate surface area is 98.3 Å². The van der Waals surface area contributed by atoms with E-state index in [1.807, 2.05) is 12.1 Å². The van der Waals surface area contributed by atoms with Gasteiger partial charge in [0.25, 0.3) is 0 Å². The van der Waals surface area contributed by atoms with E-state index in [0.29, 0.717) is 10.6 Å². The molecule has 0 aliphatic heterocycles. The van der Waals surface area contributed by atoms with E-state index in [0.717, 1.165) is 5.69 Å². The smallest absolute Gasteiger partial charge is 0.0942 e. The van der Waals surface area contributed by atoms with Crippen molar-refractivity contribution in [2.24, 2.45) is 5.73 Å². The van der Waals surface area contributed by atoms with Crippen LogP contribution in [0.3, 0.4) is 0 Å². The van der Waals surface area contributed by atoms with Crippen molar-refractivity contribution < 1.29 is 5.11 Å². The molecule has 0 spiro atoms. The van der Waals surface area contributed by atoms with Crippen molar-refractivity contribution in [1.82, 2.24) is 9.78 Å². The fourth-order valence-corrected chi connectivity index (χ4v) is 1.59. The van der Waals surface area contributed by atoms with Crippen molar-refractivity contribution in [2.75, 3.05) is 6.54 Å². The number of aromatic nitrogens is 2. The highest BCUT2D eigenvalue weighted by Crippen LogP contribution is 2.16. The van der Waals surface area contributed by atoms with Gasteiger partial charge in [0.05, 0.1) is 18.0 Å². The highest BCUT2D eigenvalue weighted by atomic mass is 35.5. The van der Waals surface area contributed by atoms with Crippen LogP contribution < -0.4 is 5.73 Å². The van der Waals surface area contributed by atoms with Gasteiger partial charge < -0.3 is 10.8 Å². The summed E-state index contributed by atoms with van der Waals surface area (Å²) in [5.74, 6) is 0. The van der Waals surface area contributed by atoms with Crippen LogP contribution in [-0.2, 0) is 0 Å². The molecule has 0 aliphatic carbocycles. The molecule has 1 aromatic carbocycles. The predicted molar refractivity (Wildman–Crippen MR) is 62.6 cm³/mol. The molecule has 0 bridgehead atoms. The molecule has 1 atom stereocenters. The second-order valence-corrected chi connectivity index (χ2v) is 3.89. The van der Waals surface area contributed by atoms with Crippen molar-refractivity contribution in [3.8, 4) is 5.69 Å². The third-order valence-corrected chi connectivity index (χ3v) is 2.52. The van der Waals surface area contributed by atoms with E-state index in [1.54, 1.807) is 29.2 Å². The van der Waals surface area contributed by atoms with Crippen molar-refractivity contribution >= 4 is 11.6 Å². The van der Waals surface area contributed by atoms with Gasteiger partial charge in [-0.25, -0.2) is 4.68 Å². The van der Waals surface area contributed by atoms with Crippen LogP contribution in [0.15, 0.2) is 36.7 Å². The van der Waals surface area contributed by atoms with E-state index >= 15 is 0 Å². The van der Waals surface area contributed by atoms with Gasteiger partial charge in [-0.2, -0.15) is 5.10 Å². The van der Waals surface area contributed by atoms with E-state index in [2.05, 4.69) is 5.10 Å². The Bertz CT molecular complexity index is 484. The molecule has 0 amide bonds. The van der Waals surface area contributed by atoms with Gasteiger partial charge in [0.15, 0.2) is 0 Å². The number of aliphatic hydroxyl groups excluding tert-OH is 1. The summed E-state index contributed by atoms with van der Waals surface area (Å²) < 4.78 is 1.65. The lowest BCUT2D eigenvalue weighted by Crippen LogP contribution is -2.10. The van der Waals surface area contributed by atoms with Crippen LogP contribution in [0.1, 0.15) is 11.7 Å². The molecule has 84 valence electrons. The second-order valence-electron chi connectivity index (χ2n) is 3.45. The Balaban J connectivity index is 2.31. The predicted octanol–water partition coefficient (Wildman–Crippen LogP) is 1.52. The third kappa shape index (κ3) is 2.24. The van der Waals surface area contributed by atoms with E-state index in [1.165, 1.54) is 0 Å². The topological polar surface area (TPSA) is 64.1 Å². The number of nitrogens with two attached hydrogens (primary N) is 1. The number of rotatable bonds is 3. The standard InChI is InChI=1S/C11H12ClN3O/c12-9-2-1-3-10(4-9)15-7-8(6-14-15)11(16)5-13/h1-4,6-7,11,16H,5,13H2. The molecule has 0 aliphatic rings. The zero-order chi connectivity index (χ0) is 11.5. The van der Waals surface area contributed by atoms with Crippen LogP contribution in [0.25, 0.3) is 5.69 Å². The maximum Gasteiger partial charge on any atom is 0.0942 e. The fourth-order valence-electron chi connectivity index (χ4n) is 1.40. The van der Waals surface area contributed by atoms with Gasteiger partial charge in [0, 0.05) is 23.3 Å². The van der Waals surface area contributed by atoms with Crippen molar-refractivity contribution in [2.45, 2.75) is 6.10 Å². The quantitative estimate of drug-likeness (QED) is 0.851. The van der Waals surface area contributed by atoms with Gasteiger partial charge in [-0.1, -0.05) is 17.7 Å². The highest BCUT2D eigenvalue weighted by Gasteiger charge is 2.08. The maximum atomic E-state index is 9.54. The van der Waals surface area contributed by atoms with Gasteiger partial charge in [-0.3, -0.25) is 0 Å². The minimum Gasteiger partial charge on any atom is -0.387 e. The average molecular weight is 238 g/mol. The molecule has 0 radical (unpaired) electrons. The van der Waals surface area contributed by atoms with Crippen LogP contribution in [0.5, 0.6) is 0 Å². The lowest BCUT2D eigenvalue weighted by Gasteiger charge is -2.03. The molecule has 3 N–H and O–H groups in total. The van der Waals surface area contributed by atoms with E-state index in [4.69, 9.17) is 17.3 Å². The molecule has 4 nitrogen and oxygen atoms in total. The Morgan fingerprint density at radius 2 is 2.31 bits per heavy atom. The summed E-state index contributed by atoms with van der Waals surface area (Å²) >= 11 is 5.88. The van der Waals surface area contributed by atoms with Gasteiger partial charge >= 0.3 is 0 Å². The molecule has 2 rings (SSSR count). The molecule has 2 aromatic rings. The van der Waals surface area contributed by atoms with Gasteiger partial charge in [0.2, 0.25) is 0 Å². The third-order valence-electron chi connectivity index (χ3n) is 2.28. The Hall–Kier alpha value is -1.36. The van der Waals surface area contributed by atoms with E-state index in [9.17, 15) is 5.11 Å². The Kier molecular flexibility index (Phi) is 3.24. The first-order chi connectivity index (χ1) is 7.70. The molecule has 0 fully saturated rings. The van der Waals surface area contributed by atoms with E-state index < -0.39 is 6.10 Å². The number of hydrogen-bond acceptors (Lipinski definition) is 3. The fraction of sp³-hybridized carbons (Fsp3) is 0.182. The number of benzene rings is 1. The van der Waals surface area contributed by atoms with Crippen LogP contribution in [0.4, 0.5) is 0 Å². The minimum atomic E-state index is -0.673. The summed E-state index contributed by atoms with van der Waals surface area (Å²) in [6.45, 7) is 0.182. The average Bonchev–Trinajstić information content (AvgIpc) is 2.77. The summed E-state index contributed by atoms with van der Waals surface area (Å²) in [6, 6.07) is 7.33. The first-order valence-corrected chi connectivity index (χ1v) is 5.27. The molecule has 16 heavy (non-hydrogen) atoms. The highest BCUT2D eigenvalue weighted by molar-refractivity contribution is 6.30. The lowest BCUT2D eigenvalue weighted by atomic mass is 10.2. The molecule has 1 heterocycles. The summed E-state index contributed by atoms with van der Waals surface area (Å²) in [5.41, 5.74) is 6.91. The first-order valence-electron chi connectivity index (χ1n) is 4.89. The number of aliphatic hydroxyl groups is 1. The molecule has 1 aromatic heterocycles. The first kappa shape index (κ1) is 11.1. The van der Waals surface area contributed by atoms with Gasteiger partial charge in [0.1, 0.15) is 0 Å². The van der Waals surface area contributed by atoms with Crippen LogP contribution in [-0.4, -0.2) is 21.4 Å². The zero-order valence-electron chi connectivity index (χ0n) is 8.55. The van der Waals surface area contributed by atoms with Gasteiger partial charge in [-0.15, -0.1) is 0 Å². The van der Waals surface area contributed by atoms with Crippen LogP contribution in [0.2, 0.25) is 5.02 Å². The zero-order valence-corrected chi connectivity index (χ0v) is 9.30. The van der Waals surface area contributed by atoms with E-state index in [-0.39, 0.29) is 6.54 Å². The molecule has 1 unspecified atom stereocenters. The normalized spacial score (nSPS) is 12.7. The Morgan fingerprint density at radius 3 is 3.00 bits per heavy atom. The van der Waals surface area contributed by atoms with Crippen molar-refractivity contribution in [3.63, 3.8) is 0 Å². The van der Waals surface area contributed by atoms with Crippen LogP contribution >= 0.6 is 11.6 Å². The van der Waals surface area contributed by atoms with Crippen LogP contribution in [0, 0.1) is 0 Å². The lowest BCUT2D eigenvalue weighted by molar-refractivity contribution is 0.186. The molecule has 0 saturated heterocycles. The van der Waals surface area contributed by atoms with Crippen molar-refractivity contribution in [1.29, 1.82) is 0 Å². The Morgan fingerprint density at radius 1 is 1.50 bits per heavy atom. The monoisotopic (exact) mass is 237 g/mol. The largest absolute Gasteiger partial charge is 0.387 e. The molecule has 0 saturated carbocycles. The summed E-state index contributed by atoms with van der Waals surface area (Å²) in [7, 11) is 0. The number of halogens is 1. The number of nitrogens with zero attached hydrogens (tertiary/aromatic N) is 2. The second kappa shape index (κ2) is 4.65. The SMILES string of the molecule is NCC(O)c1cnn(-c2cccc(Cl)c2)c1. The maximum absolute atomic E-state index is 9.54. The summed E-state index contributed by atoms with van der Waals surface area (Å²) in [4.78, 5) is 0. The molecule has 5 heteroatoms. The summed E-state index contributed by atoms with van der Waals surface area (Å²) in [6.07, 6.45) is 2.66. The number of hydrogen-bond donors (Lipinski definition) is 2. The minimum absolute atomic E-state index is 0.182.